The Bertz CT molecular complexity index is 424. The van der Waals surface area contributed by atoms with Gasteiger partial charge in [-0.05, 0) is 24.3 Å². The van der Waals surface area contributed by atoms with E-state index in [9.17, 15) is 13.6 Å². The average molecular weight is 226 g/mol. The SMILES string of the molecule is C=CC(=O)Nc1cc(N)cc(C(C)(F)F)c1. The van der Waals surface area contributed by atoms with Crippen LogP contribution < -0.4 is 11.1 Å². The van der Waals surface area contributed by atoms with Crippen LogP contribution in [0.2, 0.25) is 0 Å². The summed E-state index contributed by atoms with van der Waals surface area (Å²) in [5, 5.41) is 2.37. The zero-order valence-corrected chi connectivity index (χ0v) is 8.76. The predicted octanol–water partition coefficient (Wildman–Crippen LogP) is 2.51. The Hall–Kier alpha value is -1.91. The first-order valence-corrected chi connectivity index (χ1v) is 4.55. The lowest BCUT2D eigenvalue weighted by atomic mass is 10.1. The zero-order valence-electron chi connectivity index (χ0n) is 8.76. The minimum Gasteiger partial charge on any atom is -0.399 e. The lowest BCUT2D eigenvalue weighted by Gasteiger charge is -2.13. The van der Waals surface area contributed by atoms with Gasteiger partial charge in [0.1, 0.15) is 0 Å². The first-order chi connectivity index (χ1) is 7.32. The predicted molar refractivity (Wildman–Crippen MR) is 59.2 cm³/mol. The number of amides is 1. The van der Waals surface area contributed by atoms with Gasteiger partial charge in [0.25, 0.3) is 5.92 Å². The van der Waals surface area contributed by atoms with Gasteiger partial charge in [-0.2, -0.15) is 0 Å². The number of nitrogens with one attached hydrogen (secondary N) is 1. The average Bonchev–Trinajstić information content (AvgIpc) is 2.15. The van der Waals surface area contributed by atoms with Crippen molar-refractivity contribution < 1.29 is 13.6 Å². The van der Waals surface area contributed by atoms with Crippen LogP contribution in [0.3, 0.4) is 0 Å². The van der Waals surface area contributed by atoms with Crippen molar-refractivity contribution in [1.29, 1.82) is 0 Å². The fourth-order valence-electron chi connectivity index (χ4n) is 1.17. The number of nitrogen functional groups attached to an aromatic ring is 1. The Labute approximate surface area is 91.9 Å². The number of halogens is 2. The van der Waals surface area contributed by atoms with Gasteiger partial charge in [-0.25, -0.2) is 8.78 Å². The topological polar surface area (TPSA) is 55.1 Å². The number of carbonyl (C=O) groups is 1. The van der Waals surface area contributed by atoms with Crippen molar-refractivity contribution in [2.45, 2.75) is 12.8 Å². The number of carbonyl (C=O) groups excluding carboxylic acids is 1. The normalized spacial score (nSPS) is 10.9. The number of benzene rings is 1. The van der Waals surface area contributed by atoms with E-state index < -0.39 is 11.8 Å². The molecule has 5 heteroatoms. The van der Waals surface area contributed by atoms with E-state index in [1.54, 1.807) is 0 Å². The van der Waals surface area contributed by atoms with E-state index in [-0.39, 0.29) is 16.9 Å². The number of nitrogens with two attached hydrogens (primary N) is 1. The third-order valence-corrected chi connectivity index (χ3v) is 1.92. The maximum atomic E-state index is 13.0. The van der Waals surface area contributed by atoms with E-state index in [1.165, 1.54) is 18.2 Å². The molecule has 1 amide bonds. The minimum absolute atomic E-state index is 0.165. The molecular formula is C11H12F2N2O. The zero-order chi connectivity index (χ0) is 12.3. The van der Waals surface area contributed by atoms with Gasteiger partial charge < -0.3 is 11.1 Å². The molecule has 16 heavy (non-hydrogen) atoms. The molecule has 0 unspecified atom stereocenters. The monoisotopic (exact) mass is 226 g/mol. The molecule has 3 N–H and O–H groups in total. The molecule has 1 aromatic carbocycles. The summed E-state index contributed by atoms with van der Waals surface area (Å²) in [5.41, 5.74) is 5.61. The highest BCUT2D eigenvalue weighted by Crippen LogP contribution is 2.30. The maximum Gasteiger partial charge on any atom is 0.270 e. The van der Waals surface area contributed by atoms with E-state index in [0.29, 0.717) is 0 Å². The van der Waals surface area contributed by atoms with E-state index >= 15 is 0 Å². The Morgan fingerprint density at radius 2 is 2.12 bits per heavy atom. The van der Waals surface area contributed by atoms with Gasteiger partial charge in [0.05, 0.1) is 0 Å². The molecule has 3 nitrogen and oxygen atoms in total. The second-order valence-corrected chi connectivity index (χ2v) is 3.43. The third-order valence-electron chi connectivity index (χ3n) is 1.92. The fraction of sp³-hybridized carbons (Fsp3) is 0.182. The van der Waals surface area contributed by atoms with Gasteiger partial charge in [0.15, 0.2) is 0 Å². The summed E-state index contributed by atoms with van der Waals surface area (Å²) >= 11 is 0. The van der Waals surface area contributed by atoms with Crippen LogP contribution in [0.25, 0.3) is 0 Å². The molecule has 0 aliphatic carbocycles. The summed E-state index contributed by atoms with van der Waals surface area (Å²) in [5.74, 6) is -3.47. The van der Waals surface area contributed by atoms with Crippen LogP contribution in [0, 0.1) is 0 Å². The summed E-state index contributed by atoms with van der Waals surface area (Å²) < 4.78 is 26.1. The molecule has 1 aromatic rings. The fourth-order valence-corrected chi connectivity index (χ4v) is 1.17. The van der Waals surface area contributed by atoms with Crippen LogP contribution in [0.1, 0.15) is 12.5 Å². The molecule has 86 valence electrons. The lowest BCUT2D eigenvalue weighted by Crippen LogP contribution is -2.11. The second-order valence-electron chi connectivity index (χ2n) is 3.43. The van der Waals surface area contributed by atoms with Gasteiger partial charge >= 0.3 is 0 Å². The standard InChI is InChI=1S/C11H12F2N2O/c1-3-10(16)15-9-5-7(11(2,12)13)4-8(14)6-9/h3-6H,1,14H2,2H3,(H,15,16). The smallest absolute Gasteiger partial charge is 0.270 e. The largest absolute Gasteiger partial charge is 0.399 e. The molecule has 0 spiro atoms. The van der Waals surface area contributed by atoms with Crippen LogP contribution in [-0.2, 0) is 10.7 Å². The first kappa shape index (κ1) is 12.2. The molecule has 0 saturated heterocycles. The van der Waals surface area contributed by atoms with E-state index in [2.05, 4.69) is 11.9 Å². The van der Waals surface area contributed by atoms with Crippen LogP contribution in [0.15, 0.2) is 30.9 Å². The van der Waals surface area contributed by atoms with E-state index in [4.69, 9.17) is 5.73 Å². The summed E-state index contributed by atoms with van der Waals surface area (Å²) in [6.45, 7) is 4.02. The Balaban J connectivity index is 3.08. The molecule has 0 bridgehead atoms. The summed E-state index contributed by atoms with van der Waals surface area (Å²) in [6, 6.07) is 3.75. The summed E-state index contributed by atoms with van der Waals surface area (Å²) in [4.78, 5) is 11.0. The molecule has 0 saturated carbocycles. The van der Waals surface area contributed by atoms with Gasteiger partial charge in [-0.1, -0.05) is 6.58 Å². The molecule has 0 aliphatic heterocycles. The lowest BCUT2D eigenvalue weighted by molar-refractivity contribution is -0.111. The molecule has 0 heterocycles. The molecule has 0 aromatic heterocycles. The number of rotatable bonds is 3. The Kier molecular flexibility index (Phi) is 3.27. The van der Waals surface area contributed by atoms with Crippen LogP contribution in [0.5, 0.6) is 0 Å². The minimum atomic E-state index is -3.00. The highest BCUT2D eigenvalue weighted by atomic mass is 19.3. The van der Waals surface area contributed by atoms with Crippen LogP contribution in [0.4, 0.5) is 20.2 Å². The molecule has 0 radical (unpaired) electrons. The summed E-state index contributed by atoms with van der Waals surface area (Å²) in [6.07, 6.45) is 1.05. The number of hydrogen-bond acceptors (Lipinski definition) is 2. The highest BCUT2D eigenvalue weighted by molar-refractivity contribution is 5.99. The quantitative estimate of drug-likeness (QED) is 0.614. The van der Waals surface area contributed by atoms with Crippen LogP contribution in [-0.4, -0.2) is 5.91 Å². The number of hydrogen-bond donors (Lipinski definition) is 2. The van der Waals surface area contributed by atoms with Gasteiger partial charge in [-0.3, -0.25) is 4.79 Å². The third kappa shape index (κ3) is 3.05. The van der Waals surface area contributed by atoms with Gasteiger partial charge in [0, 0.05) is 23.9 Å². The number of alkyl halides is 2. The van der Waals surface area contributed by atoms with Crippen LogP contribution >= 0.6 is 0 Å². The molecule has 0 aliphatic rings. The second kappa shape index (κ2) is 4.30. The van der Waals surface area contributed by atoms with Crippen molar-refractivity contribution in [3.63, 3.8) is 0 Å². The molecule has 1 rings (SSSR count). The Morgan fingerprint density at radius 1 is 1.50 bits per heavy atom. The maximum absolute atomic E-state index is 13.0. The first-order valence-electron chi connectivity index (χ1n) is 4.55. The number of anilines is 2. The Morgan fingerprint density at radius 3 is 2.62 bits per heavy atom. The molecule has 0 fully saturated rings. The van der Waals surface area contributed by atoms with Crippen molar-refractivity contribution in [2.75, 3.05) is 11.1 Å². The summed E-state index contributed by atoms with van der Waals surface area (Å²) in [7, 11) is 0. The molecular weight excluding hydrogens is 214 g/mol. The van der Waals surface area contributed by atoms with Crippen molar-refractivity contribution >= 4 is 17.3 Å². The van der Waals surface area contributed by atoms with Crippen molar-refractivity contribution in [3.05, 3.63) is 36.4 Å². The van der Waals surface area contributed by atoms with Crippen molar-refractivity contribution in [1.82, 2.24) is 0 Å². The van der Waals surface area contributed by atoms with Crippen molar-refractivity contribution in [3.8, 4) is 0 Å². The van der Waals surface area contributed by atoms with Crippen molar-refractivity contribution in [2.24, 2.45) is 0 Å². The molecule has 0 atom stereocenters. The van der Waals surface area contributed by atoms with Gasteiger partial charge in [0.2, 0.25) is 5.91 Å². The van der Waals surface area contributed by atoms with Gasteiger partial charge in [-0.15, -0.1) is 0 Å². The van der Waals surface area contributed by atoms with E-state index in [1.807, 2.05) is 0 Å². The van der Waals surface area contributed by atoms with E-state index in [0.717, 1.165) is 13.0 Å². The highest BCUT2D eigenvalue weighted by Gasteiger charge is 2.25.